The van der Waals surface area contributed by atoms with E-state index in [1.807, 2.05) is 132 Å². The van der Waals surface area contributed by atoms with E-state index in [2.05, 4.69) is 110 Å². The zero-order valence-corrected chi connectivity index (χ0v) is 62.1. The van der Waals surface area contributed by atoms with Crippen molar-refractivity contribution >= 4 is 72.1 Å². The fourth-order valence-electron chi connectivity index (χ4n) is 12.3. The average molecular weight is 1570 g/mol. The van der Waals surface area contributed by atoms with Gasteiger partial charge < -0.3 is 68.5 Å². The maximum absolute atomic E-state index is 13.1. The number of nitrogens with zero attached hydrogens (tertiary/aromatic N) is 2. The lowest BCUT2D eigenvalue weighted by Gasteiger charge is -2.10. The van der Waals surface area contributed by atoms with Gasteiger partial charge >= 0.3 is 7.12 Å². The SMILES string of the molecule is Brc1ccc2[nH]ccc2c1.C=CCc1cn(CC=C)c2ccc(-c3ccc(Oc4ccc(F)cc4)cc3)cc12.Fc1ccc(Oc2ccc(-c3ccc4[nH]ccc4c3)cc2)cc1.OB(O)c1ccc(Oc2ccc(F)cc2)cc1.OC[C@@H](O)Cc1cn(C[C@H](O)CO)c2ccc(-c3ccc(Oc4ccc(F)cc4)cc3)cc12. The van der Waals surface area contributed by atoms with Crippen molar-refractivity contribution in [1.29, 1.82) is 0 Å². The summed E-state index contributed by atoms with van der Waals surface area (Å²) in [6, 6.07) is 82.1. The molecule has 0 bridgehead atoms. The Morgan fingerprint density at radius 2 is 0.741 bits per heavy atom. The number of ether oxygens (including phenoxy) is 4. The molecule has 0 amide bonds. The summed E-state index contributed by atoms with van der Waals surface area (Å²) < 4.78 is 79.5. The first kappa shape index (κ1) is 79.1. The minimum absolute atomic E-state index is 0.219. The maximum Gasteiger partial charge on any atom is 0.488 e. The van der Waals surface area contributed by atoms with Gasteiger partial charge in [-0.2, -0.15) is 0 Å². The van der Waals surface area contributed by atoms with Crippen LogP contribution in [0.25, 0.3) is 77.0 Å². The van der Waals surface area contributed by atoms with E-state index in [4.69, 9.17) is 29.0 Å². The van der Waals surface area contributed by atoms with Crippen molar-refractivity contribution in [2.45, 2.75) is 38.1 Å². The summed E-state index contributed by atoms with van der Waals surface area (Å²) >= 11 is 3.40. The number of rotatable bonds is 22. The van der Waals surface area contributed by atoms with Crippen molar-refractivity contribution < 1.29 is 67.0 Å². The van der Waals surface area contributed by atoms with E-state index in [-0.39, 0.29) is 49.4 Å². The van der Waals surface area contributed by atoms with Crippen LogP contribution in [0.2, 0.25) is 0 Å². The molecule has 8 N–H and O–H groups in total. The number of fused-ring (bicyclic) bond motifs is 4. The van der Waals surface area contributed by atoms with Gasteiger partial charge in [0, 0.05) is 80.5 Å². The quantitative estimate of drug-likeness (QED) is 0.0183. The lowest BCUT2D eigenvalue weighted by atomic mass is 9.80. The highest BCUT2D eigenvalue weighted by Crippen LogP contribution is 2.35. The van der Waals surface area contributed by atoms with E-state index in [1.165, 1.54) is 93.4 Å². The first-order valence-electron chi connectivity index (χ1n) is 35.8. The number of aromatic nitrogens is 4. The van der Waals surface area contributed by atoms with Crippen LogP contribution in [-0.2, 0) is 25.9 Å². The molecule has 0 spiro atoms. The highest BCUT2D eigenvalue weighted by molar-refractivity contribution is 9.10. The van der Waals surface area contributed by atoms with E-state index in [0.29, 0.717) is 45.7 Å². The molecule has 4 heterocycles. The summed E-state index contributed by atoms with van der Waals surface area (Å²) in [5, 5.41) is 60.7. The average Bonchev–Trinajstić information content (AvgIpc) is 1.65. The molecular formula is C92H78BBrF4N4O10. The summed E-state index contributed by atoms with van der Waals surface area (Å²) in [5.74, 6) is 3.71. The van der Waals surface area contributed by atoms with Gasteiger partial charge in [0.1, 0.15) is 69.3 Å². The lowest BCUT2D eigenvalue weighted by molar-refractivity contribution is 0.0820. The largest absolute Gasteiger partial charge is 0.488 e. The summed E-state index contributed by atoms with van der Waals surface area (Å²) in [6.45, 7) is 8.04. The third-order valence-corrected chi connectivity index (χ3v) is 18.4. The molecular weight excluding hydrogens is 1490 g/mol. The zero-order valence-electron chi connectivity index (χ0n) is 60.5. The standard InChI is InChI=1S/C26H26FNO5.C26H22FNO.C20H14FNO.C12H10BFO3.C8H6BrN/c27-20-4-8-24(9-5-20)33-23-6-1-17(2-7-23)18-3-10-26-25(12-18)19(11-21(31)15-29)13-28(26)14-22(32)16-30;1-3-5-21-18-28(16-4-2)26-15-8-20(17-25(21)26)19-6-11-23(12-7-19)29-24-13-9-22(27)10-14-24;21-17-4-8-19(9-5-17)23-18-6-1-14(2-7-18)15-3-10-20-16(13-15)11-12-22-20;14-10-3-7-12(8-4-10)17-11-5-1-9(2-6-11)13(15)16;9-7-1-2-8-6(5-7)3-4-10-8/h1-10,12-13,21-22,29-32H,11,14-16H2;3-4,6-15,17-18H,1-2,5,16H2;1-13,22H;1-8,15-16H;1-5,10H/t21-,22-;;;;/m0..../s1. The van der Waals surface area contributed by atoms with E-state index >= 15 is 0 Å². The Balaban J connectivity index is 0.000000135. The second-order valence-electron chi connectivity index (χ2n) is 26.0. The van der Waals surface area contributed by atoms with Gasteiger partial charge in [-0.15, -0.1) is 13.2 Å². The fourth-order valence-corrected chi connectivity index (χ4v) is 12.7. The molecule has 0 aliphatic heterocycles. The van der Waals surface area contributed by atoms with E-state index < -0.39 is 19.3 Å². The molecule has 14 nitrogen and oxygen atoms in total. The minimum atomic E-state index is -1.49. The van der Waals surface area contributed by atoms with Crippen molar-refractivity contribution in [3.63, 3.8) is 0 Å². The third kappa shape index (κ3) is 21.5. The summed E-state index contributed by atoms with van der Waals surface area (Å²) in [5.41, 5.74) is 13.3. The molecule has 0 unspecified atom stereocenters. The van der Waals surface area contributed by atoms with Gasteiger partial charge in [-0.25, -0.2) is 17.6 Å². The van der Waals surface area contributed by atoms with Crippen molar-refractivity contribution in [2.24, 2.45) is 0 Å². The molecule has 0 aliphatic carbocycles. The van der Waals surface area contributed by atoms with Gasteiger partial charge in [0.15, 0.2) is 0 Å². The van der Waals surface area contributed by atoms with Crippen molar-refractivity contribution in [3.05, 3.63) is 368 Å². The number of benzene rings is 12. The first-order valence-corrected chi connectivity index (χ1v) is 36.6. The maximum atomic E-state index is 13.1. The second-order valence-corrected chi connectivity index (χ2v) is 26.9. The molecule has 112 heavy (non-hydrogen) atoms. The van der Waals surface area contributed by atoms with Gasteiger partial charge in [0.25, 0.3) is 0 Å². The van der Waals surface area contributed by atoms with E-state index in [0.717, 1.165) is 78.6 Å². The molecule has 2 atom stereocenters. The number of nitrogens with one attached hydrogen (secondary N) is 2. The van der Waals surface area contributed by atoms with E-state index in [9.17, 15) is 38.0 Å². The van der Waals surface area contributed by atoms with Crippen LogP contribution in [0.5, 0.6) is 46.0 Å². The predicted molar refractivity (Wildman–Crippen MR) is 441 cm³/mol. The Kier molecular flexibility index (Phi) is 27.0. The van der Waals surface area contributed by atoms with Gasteiger partial charge in [-0.05, 0) is 274 Å². The fraction of sp³-hybridized carbons (Fsp3) is 0.0870. The molecule has 20 heteroatoms. The van der Waals surface area contributed by atoms with Crippen LogP contribution in [0, 0.1) is 23.3 Å². The zero-order chi connectivity index (χ0) is 78.5. The monoisotopic (exact) mass is 1560 g/mol. The van der Waals surface area contributed by atoms with Gasteiger partial charge in [-0.1, -0.05) is 94.8 Å². The Hall–Kier alpha value is -12.5. The molecule has 0 aliphatic rings. The summed E-state index contributed by atoms with van der Waals surface area (Å²) in [6.07, 6.45) is 11.0. The number of hydrogen-bond acceptors (Lipinski definition) is 10. The molecule has 0 radical (unpaired) electrons. The molecule has 0 saturated carbocycles. The summed E-state index contributed by atoms with van der Waals surface area (Å²) in [4.78, 5) is 6.32. The van der Waals surface area contributed by atoms with Crippen LogP contribution in [0.3, 0.4) is 0 Å². The van der Waals surface area contributed by atoms with E-state index in [1.54, 1.807) is 60.7 Å². The van der Waals surface area contributed by atoms with Crippen LogP contribution in [0.4, 0.5) is 17.6 Å². The predicted octanol–water partition coefficient (Wildman–Crippen LogP) is 20.6. The number of aliphatic hydroxyl groups is 4. The summed E-state index contributed by atoms with van der Waals surface area (Å²) in [7, 11) is -1.49. The third-order valence-electron chi connectivity index (χ3n) is 17.9. The Morgan fingerprint density at radius 3 is 1.14 bits per heavy atom. The molecule has 0 saturated heterocycles. The smallest absolute Gasteiger partial charge is 0.457 e. The highest BCUT2D eigenvalue weighted by Gasteiger charge is 2.17. The number of aliphatic hydroxyl groups excluding tert-OH is 4. The molecule has 16 aromatic rings. The van der Waals surface area contributed by atoms with Gasteiger partial charge in [-0.3, -0.25) is 0 Å². The van der Waals surface area contributed by atoms with Crippen LogP contribution >= 0.6 is 15.9 Å². The van der Waals surface area contributed by atoms with Crippen LogP contribution in [0.15, 0.2) is 334 Å². The Bertz CT molecular complexity index is 5730. The Morgan fingerprint density at radius 1 is 0.393 bits per heavy atom. The van der Waals surface area contributed by atoms with Crippen LogP contribution in [-0.4, -0.2) is 82.1 Å². The van der Waals surface area contributed by atoms with Crippen molar-refractivity contribution in [1.82, 2.24) is 19.1 Å². The van der Waals surface area contributed by atoms with Crippen molar-refractivity contribution in [2.75, 3.05) is 13.2 Å². The number of hydrogen-bond donors (Lipinski definition) is 8. The number of aromatic amines is 2. The normalized spacial score (nSPS) is 11.4. The molecule has 564 valence electrons. The topological polar surface area (TPSA) is 200 Å². The Labute approximate surface area is 653 Å². The molecule has 16 rings (SSSR count). The number of H-pyrrole nitrogens is 2. The second kappa shape index (κ2) is 38.2. The molecule has 12 aromatic carbocycles. The van der Waals surface area contributed by atoms with Crippen LogP contribution < -0.4 is 24.4 Å². The minimum Gasteiger partial charge on any atom is -0.457 e. The lowest BCUT2D eigenvalue weighted by Crippen LogP contribution is -2.29. The first-order chi connectivity index (χ1) is 54.4. The molecule has 0 fully saturated rings. The van der Waals surface area contributed by atoms with Crippen LogP contribution in [0.1, 0.15) is 11.1 Å². The number of allylic oxidation sites excluding steroid dienone is 2. The highest BCUT2D eigenvalue weighted by atomic mass is 79.9. The molecule has 4 aromatic heterocycles. The van der Waals surface area contributed by atoms with Gasteiger partial charge in [0.2, 0.25) is 0 Å². The van der Waals surface area contributed by atoms with Gasteiger partial charge in [0.05, 0.1) is 32.0 Å². The van der Waals surface area contributed by atoms with Crippen molar-refractivity contribution in [3.8, 4) is 79.4 Å². The number of halogens is 5.